The van der Waals surface area contributed by atoms with Gasteiger partial charge in [-0.15, -0.1) is 0 Å². The molecular formula is C12H23NS. The maximum absolute atomic E-state index is 3.50. The minimum Gasteiger partial charge on any atom is -0.317 e. The fourth-order valence-corrected chi connectivity index (χ4v) is 4.30. The van der Waals surface area contributed by atoms with Crippen molar-refractivity contribution in [3.63, 3.8) is 0 Å². The van der Waals surface area contributed by atoms with Crippen molar-refractivity contribution in [3.8, 4) is 0 Å². The Hall–Kier alpha value is 0.310. The molecule has 0 aromatic carbocycles. The van der Waals surface area contributed by atoms with E-state index in [0.717, 1.165) is 10.5 Å². The predicted octanol–water partition coefficient (Wildman–Crippen LogP) is 3.19. The Balaban J connectivity index is 1.71. The molecular weight excluding hydrogens is 190 g/mol. The molecule has 1 nitrogen and oxygen atoms in total. The van der Waals surface area contributed by atoms with Gasteiger partial charge in [0.15, 0.2) is 0 Å². The molecule has 82 valence electrons. The van der Waals surface area contributed by atoms with Gasteiger partial charge in [-0.3, -0.25) is 0 Å². The lowest BCUT2D eigenvalue weighted by atomic mass is 10.0. The Morgan fingerprint density at radius 2 is 1.43 bits per heavy atom. The van der Waals surface area contributed by atoms with Crippen LogP contribution in [-0.4, -0.2) is 23.6 Å². The van der Waals surface area contributed by atoms with Crippen LogP contribution in [0.5, 0.6) is 0 Å². The summed E-state index contributed by atoms with van der Waals surface area (Å²) >= 11 is 2.31. The third kappa shape index (κ3) is 3.47. The molecule has 0 amide bonds. The topological polar surface area (TPSA) is 12.0 Å². The molecule has 2 aliphatic rings. The highest BCUT2D eigenvalue weighted by molar-refractivity contribution is 8.00. The van der Waals surface area contributed by atoms with Gasteiger partial charge in [-0.25, -0.2) is 0 Å². The first kappa shape index (κ1) is 10.8. The quantitative estimate of drug-likeness (QED) is 0.756. The van der Waals surface area contributed by atoms with Gasteiger partial charge < -0.3 is 5.32 Å². The fourth-order valence-electron chi connectivity index (χ4n) is 2.60. The van der Waals surface area contributed by atoms with E-state index in [1.807, 2.05) is 0 Å². The molecule has 1 aliphatic heterocycles. The molecule has 14 heavy (non-hydrogen) atoms. The van der Waals surface area contributed by atoms with Crippen LogP contribution in [0.3, 0.4) is 0 Å². The summed E-state index contributed by atoms with van der Waals surface area (Å²) < 4.78 is 0. The Morgan fingerprint density at radius 3 is 2.29 bits per heavy atom. The highest BCUT2D eigenvalue weighted by atomic mass is 32.2. The van der Waals surface area contributed by atoms with Gasteiger partial charge in [0.25, 0.3) is 0 Å². The largest absolute Gasteiger partial charge is 0.317 e. The predicted molar refractivity (Wildman–Crippen MR) is 65.0 cm³/mol. The number of hydrogen-bond acceptors (Lipinski definition) is 2. The number of thioether (sulfide) groups is 1. The van der Waals surface area contributed by atoms with Crippen molar-refractivity contribution in [2.45, 2.75) is 61.9 Å². The van der Waals surface area contributed by atoms with Gasteiger partial charge in [0.05, 0.1) is 0 Å². The molecule has 1 saturated carbocycles. The normalized spacial score (nSPS) is 31.3. The zero-order chi connectivity index (χ0) is 9.64. The van der Waals surface area contributed by atoms with E-state index in [2.05, 4.69) is 17.1 Å². The lowest BCUT2D eigenvalue weighted by Gasteiger charge is -2.25. The minimum absolute atomic E-state index is 0.966. The Kier molecular flexibility index (Phi) is 4.65. The van der Waals surface area contributed by atoms with E-state index in [9.17, 15) is 0 Å². The minimum atomic E-state index is 0.966. The first-order chi connectivity index (χ1) is 6.95. The van der Waals surface area contributed by atoms with Crippen LogP contribution in [0.15, 0.2) is 0 Å². The van der Waals surface area contributed by atoms with Crippen LogP contribution in [0, 0.1) is 0 Å². The van der Waals surface area contributed by atoms with Crippen LogP contribution in [-0.2, 0) is 0 Å². The molecule has 0 aromatic rings. The number of hydrogen-bond donors (Lipinski definition) is 1. The lowest BCUT2D eigenvalue weighted by Crippen LogP contribution is -2.17. The summed E-state index contributed by atoms with van der Waals surface area (Å²) in [4.78, 5) is 0. The average molecular weight is 213 g/mol. The Morgan fingerprint density at radius 1 is 0.714 bits per heavy atom. The van der Waals surface area contributed by atoms with Gasteiger partial charge in [-0.05, 0) is 45.2 Å². The third-order valence-corrected chi connectivity index (χ3v) is 5.17. The van der Waals surface area contributed by atoms with E-state index in [0.29, 0.717) is 0 Å². The van der Waals surface area contributed by atoms with E-state index >= 15 is 0 Å². The molecule has 0 radical (unpaired) electrons. The summed E-state index contributed by atoms with van der Waals surface area (Å²) in [7, 11) is 0. The molecule has 0 bridgehead atoms. The molecule has 0 aromatic heterocycles. The smallest absolute Gasteiger partial charge is 0.00623 e. The monoisotopic (exact) mass is 213 g/mol. The average Bonchev–Trinajstić information content (AvgIpc) is 2.48. The third-order valence-electron chi connectivity index (χ3n) is 3.46. The van der Waals surface area contributed by atoms with Crippen molar-refractivity contribution in [3.05, 3.63) is 0 Å². The Bertz CT molecular complexity index is 146. The molecule has 2 fully saturated rings. The molecule has 1 atom stereocenters. The summed E-state index contributed by atoms with van der Waals surface area (Å²) in [6, 6.07) is 0. The lowest BCUT2D eigenvalue weighted by molar-refractivity contribution is 0.513. The van der Waals surface area contributed by atoms with E-state index in [1.54, 1.807) is 0 Å². The fraction of sp³-hybridized carbons (Fsp3) is 1.00. The van der Waals surface area contributed by atoms with E-state index in [4.69, 9.17) is 0 Å². The Labute approximate surface area is 92.4 Å². The molecule has 1 unspecified atom stereocenters. The van der Waals surface area contributed by atoms with Crippen LogP contribution in [0.25, 0.3) is 0 Å². The van der Waals surface area contributed by atoms with Crippen molar-refractivity contribution in [1.29, 1.82) is 0 Å². The summed E-state index contributed by atoms with van der Waals surface area (Å²) in [6.07, 6.45) is 11.7. The molecule has 2 rings (SSSR count). The van der Waals surface area contributed by atoms with Gasteiger partial charge in [-0.2, -0.15) is 11.8 Å². The molecule has 2 heteroatoms. The van der Waals surface area contributed by atoms with Crippen molar-refractivity contribution < 1.29 is 0 Å². The van der Waals surface area contributed by atoms with Gasteiger partial charge in [0.2, 0.25) is 0 Å². The van der Waals surface area contributed by atoms with Crippen LogP contribution in [0.1, 0.15) is 51.4 Å². The highest BCUT2D eigenvalue weighted by Crippen LogP contribution is 2.34. The van der Waals surface area contributed by atoms with Gasteiger partial charge in [-0.1, -0.05) is 19.3 Å². The maximum Gasteiger partial charge on any atom is 0.00623 e. The van der Waals surface area contributed by atoms with Crippen molar-refractivity contribution in [2.24, 2.45) is 0 Å². The van der Waals surface area contributed by atoms with Gasteiger partial charge in [0.1, 0.15) is 0 Å². The summed E-state index contributed by atoms with van der Waals surface area (Å²) in [5.41, 5.74) is 0. The van der Waals surface area contributed by atoms with Crippen LogP contribution >= 0.6 is 11.8 Å². The second kappa shape index (κ2) is 6.02. The maximum atomic E-state index is 3.50. The molecule has 1 N–H and O–H groups in total. The van der Waals surface area contributed by atoms with E-state index < -0.39 is 0 Å². The SMILES string of the molecule is C1CCC(SC2CCCNCC2)CC1. The number of nitrogens with one attached hydrogen (secondary N) is 1. The molecule has 1 saturated heterocycles. The second-order valence-electron chi connectivity index (χ2n) is 4.70. The summed E-state index contributed by atoms with van der Waals surface area (Å²) in [5, 5.41) is 5.47. The molecule has 1 heterocycles. The van der Waals surface area contributed by atoms with E-state index in [-0.39, 0.29) is 0 Å². The number of rotatable bonds is 2. The summed E-state index contributed by atoms with van der Waals surface area (Å²) in [5.74, 6) is 0. The molecule has 1 aliphatic carbocycles. The van der Waals surface area contributed by atoms with Crippen LogP contribution in [0.4, 0.5) is 0 Å². The standard InChI is InChI=1S/C12H23NS/c1-2-5-11(6-3-1)14-12-7-4-9-13-10-8-12/h11-13H,1-10H2. The van der Waals surface area contributed by atoms with Crippen molar-refractivity contribution >= 4 is 11.8 Å². The zero-order valence-electron chi connectivity index (χ0n) is 9.13. The second-order valence-corrected chi connectivity index (χ2v) is 6.30. The van der Waals surface area contributed by atoms with E-state index in [1.165, 1.54) is 64.5 Å². The van der Waals surface area contributed by atoms with Crippen molar-refractivity contribution in [2.75, 3.05) is 13.1 Å². The van der Waals surface area contributed by atoms with Crippen molar-refractivity contribution in [1.82, 2.24) is 5.32 Å². The summed E-state index contributed by atoms with van der Waals surface area (Å²) in [6.45, 7) is 2.51. The van der Waals surface area contributed by atoms with Crippen LogP contribution < -0.4 is 5.32 Å². The first-order valence-corrected chi connectivity index (χ1v) is 7.25. The highest BCUT2D eigenvalue weighted by Gasteiger charge is 2.20. The molecule has 0 spiro atoms. The van der Waals surface area contributed by atoms with Gasteiger partial charge in [0, 0.05) is 10.5 Å². The van der Waals surface area contributed by atoms with Gasteiger partial charge >= 0.3 is 0 Å². The first-order valence-electron chi connectivity index (χ1n) is 6.31. The zero-order valence-corrected chi connectivity index (χ0v) is 9.95. The van der Waals surface area contributed by atoms with Crippen LogP contribution in [0.2, 0.25) is 0 Å².